The summed E-state index contributed by atoms with van der Waals surface area (Å²) in [6, 6.07) is 15.6. The molecule has 3 aromatic rings. The van der Waals surface area contributed by atoms with Gasteiger partial charge in [-0.3, -0.25) is 0 Å². The molecule has 3 aromatic carbocycles. The largest absolute Gasteiger partial charge is 0.458 e. The molecule has 6 heteroatoms. The van der Waals surface area contributed by atoms with Gasteiger partial charge in [-0.25, -0.2) is 9.59 Å². The predicted octanol–water partition coefficient (Wildman–Crippen LogP) is 7.49. The van der Waals surface area contributed by atoms with Gasteiger partial charge < -0.3 is 18.9 Å². The molecule has 0 aromatic heterocycles. The Morgan fingerprint density at radius 1 is 0.528 bits per heavy atom. The van der Waals surface area contributed by atoms with Gasteiger partial charge in [0.15, 0.2) is 0 Å². The summed E-state index contributed by atoms with van der Waals surface area (Å²) in [5.41, 5.74) is 0.640. The van der Waals surface area contributed by atoms with Gasteiger partial charge in [-0.1, -0.05) is 25.3 Å². The molecule has 0 bridgehead atoms. The van der Waals surface area contributed by atoms with E-state index in [0.717, 1.165) is 21.5 Å². The maximum absolute atomic E-state index is 11.7. The molecule has 0 fully saturated rings. The van der Waals surface area contributed by atoms with Crippen LogP contribution in [-0.4, -0.2) is 11.9 Å². The van der Waals surface area contributed by atoms with E-state index < -0.39 is 11.9 Å². The highest BCUT2D eigenvalue weighted by atomic mass is 16.6. The molecule has 0 aliphatic rings. The quantitative estimate of drug-likeness (QED) is 0.142. The van der Waals surface area contributed by atoms with Crippen LogP contribution in [-0.2, 0) is 19.1 Å². The lowest BCUT2D eigenvalue weighted by Gasteiger charge is -2.12. The monoisotopic (exact) mass is 486 g/mol. The lowest BCUT2D eigenvalue weighted by Crippen LogP contribution is -2.06. The molecular weight excluding hydrogens is 456 g/mol. The minimum atomic E-state index is -0.488. The first-order chi connectivity index (χ1) is 16.9. The van der Waals surface area contributed by atoms with Crippen molar-refractivity contribution in [2.45, 2.75) is 41.5 Å². The number of hydrogen-bond acceptors (Lipinski definition) is 6. The number of benzene rings is 3. The van der Waals surface area contributed by atoms with Crippen LogP contribution < -0.4 is 9.47 Å². The molecule has 0 amide bonds. The Balaban J connectivity index is 1.83. The van der Waals surface area contributed by atoms with Gasteiger partial charge in [0.05, 0.1) is 0 Å². The summed E-state index contributed by atoms with van der Waals surface area (Å²) in [7, 11) is 0. The lowest BCUT2D eigenvalue weighted by molar-refractivity contribution is -0.136. The summed E-state index contributed by atoms with van der Waals surface area (Å²) in [6.45, 7) is 17.2. The molecule has 0 spiro atoms. The first-order valence-corrected chi connectivity index (χ1v) is 11.4. The Bertz CT molecular complexity index is 1340. The van der Waals surface area contributed by atoms with Crippen LogP contribution in [0.15, 0.2) is 95.9 Å². The van der Waals surface area contributed by atoms with Gasteiger partial charge >= 0.3 is 11.9 Å². The molecule has 0 atom stereocenters. The highest BCUT2D eigenvalue weighted by Crippen LogP contribution is 2.30. The van der Waals surface area contributed by atoms with Crippen LogP contribution >= 0.6 is 0 Å². The van der Waals surface area contributed by atoms with Crippen LogP contribution in [0.4, 0.5) is 0 Å². The zero-order chi connectivity index (χ0) is 26.6. The number of esters is 2. The summed E-state index contributed by atoms with van der Waals surface area (Å²) >= 11 is 0. The molecule has 0 aliphatic carbocycles. The number of rotatable bonds is 8. The fraction of sp³-hybridized carbons (Fsp3) is 0.200. The van der Waals surface area contributed by atoms with Gasteiger partial charge in [-0.2, -0.15) is 0 Å². The first-order valence-electron chi connectivity index (χ1n) is 11.4. The van der Waals surface area contributed by atoms with Crippen LogP contribution in [0.25, 0.3) is 21.5 Å². The fourth-order valence-electron chi connectivity index (χ4n) is 3.17. The van der Waals surface area contributed by atoms with E-state index in [9.17, 15) is 9.59 Å². The first kappa shape index (κ1) is 26.3. The van der Waals surface area contributed by atoms with Crippen LogP contribution in [0.3, 0.4) is 0 Å². The third-order valence-corrected chi connectivity index (χ3v) is 5.46. The molecule has 0 unspecified atom stereocenters. The molecule has 0 heterocycles. The topological polar surface area (TPSA) is 71.1 Å². The van der Waals surface area contributed by atoms with Crippen LogP contribution in [0, 0.1) is 0 Å². The number of ether oxygens (including phenoxy) is 4. The Kier molecular flexibility index (Phi) is 8.00. The van der Waals surface area contributed by atoms with Gasteiger partial charge in [-0.05, 0) is 99.5 Å². The van der Waals surface area contributed by atoms with Gasteiger partial charge in [0.1, 0.15) is 34.5 Å². The highest BCUT2D eigenvalue weighted by Gasteiger charge is 2.11. The van der Waals surface area contributed by atoms with Gasteiger partial charge in [0.2, 0.25) is 0 Å². The summed E-state index contributed by atoms with van der Waals surface area (Å²) in [6.07, 6.45) is 0. The minimum absolute atomic E-state index is 0.320. The Morgan fingerprint density at radius 2 is 0.889 bits per heavy atom. The number of allylic oxidation sites excluding steroid dienone is 4. The van der Waals surface area contributed by atoms with E-state index in [1.54, 1.807) is 41.5 Å². The molecule has 0 aliphatic heterocycles. The van der Waals surface area contributed by atoms with E-state index in [1.807, 2.05) is 36.4 Å². The Labute approximate surface area is 211 Å². The van der Waals surface area contributed by atoms with E-state index in [4.69, 9.17) is 18.9 Å². The van der Waals surface area contributed by atoms with E-state index in [2.05, 4.69) is 25.3 Å². The second-order valence-corrected chi connectivity index (χ2v) is 8.64. The van der Waals surface area contributed by atoms with Crippen molar-refractivity contribution in [3.63, 3.8) is 0 Å². The molecule has 186 valence electrons. The minimum Gasteiger partial charge on any atom is -0.458 e. The van der Waals surface area contributed by atoms with E-state index in [0.29, 0.717) is 45.7 Å². The lowest BCUT2D eigenvalue weighted by atomic mass is 10.0. The van der Waals surface area contributed by atoms with Gasteiger partial charge in [0, 0.05) is 11.1 Å². The molecule has 6 nitrogen and oxygen atoms in total. The number of fused-ring (bicyclic) bond motifs is 2. The van der Waals surface area contributed by atoms with Crippen LogP contribution in [0.5, 0.6) is 11.5 Å². The maximum atomic E-state index is 11.7. The van der Waals surface area contributed by atoms with Crippen molar-refractivity contribution >= 4 is 33.5 Å². The third kappa shape index (κ3) is 6.42. The summed E-state index contributed by atoms with van der Waals surface area (Å²) in [5, 5.41) is 4.05. The Hall–Kier alpha value is -4.32. The van der Waals surface area contributed by atoms with Crippen molar-refractivity contribution in [2.24, 2.45) is 0 Å². The predicted molar refractivity (Wildman–Crippen MR) is 141 cm³/mol. The average molecular weight is 487 g/mol. The molecule has 3 rings (SSSR count). The molecule has 36 heavy (non-hydrogen) atoms. The van der Waals surface area contributed by atoms with Gasteiger partial charge in [0.25, 0.3) is 0 Å². The van der Waals surface area contributed by atoms with Crippen molar-refractivity contribution in [3.05, 3.63) is 95.9 Å². The van der Waals surface area contributed by atoms with E-state index >= 15 is 0 Å². The van der Waals surface area contributed by atoms with Crippen molar-refractivity contribution in [3.8, 4) is 11.5 Å². The molecule has 0 saturated heterocycles. The third-order valence-electron chi connectivity index (χ3n) is 5.46. The SMILES string of the molecule is C=C(C)C(=O)O/C(C)=C(\C)Oc1ccc2cc3cc(O/C(C)=C(\C)OC(=O)C(=C)C)ccc3cc2c1. The van der Waals surface area contributed by atoms with E-state index in [1.165, 1.54) is 0 Å². The fourth-order valence-corrected chi connectivity index (χ4v) is 3.17. The Morgan fingerprint density at radius 3 is 1.22 bits per heavy atom. The summed E-state index contributed by atoms with van der Waals surface area (Å²) in [4.78, 5) is 23.5. The standard InChI is InChI=1S/C30H30O6/c1-17(2)29(31)35-21(7)19(5)33-27-11-9-23-14-26-16-28(12-10-24(26)13-25(23)15-27)34-20(6)22(8)36-30(32)18(3)4/h9-16H,1,3H2,2,4-8H3/b21-19+,22-20+. The van der Waals surface area contributed by atoms with Crippen molar-refractivity contribution in [2.75, 3.05) is 0 Å². The van der Waals surface area contributed by atoms with Crippen LogP contribution in [0.1, 0.15) is 41.5 Å². The number of carbonyl (C=O) groups is 2. The van der Waals surface area contributed by atoms with Crippen molar-refractivity contribution in [1.29, 1.82) is 0 Å². The second kappa shape index (κ2) is 11.0. The average Bonchev–Trinajstić information content (AvgIpc) is 2.82. The van der Waals surface area contributed by atoms with E-state index in [-0.39, 0.29) is 0 Å². The van der Waals surface area contributed by atoms with Crippen molar-refractivity contribution in [1.82, 2.24) is 0 Å². The second-order valence-electron chi connectivity index (χ2n) is 8.64. The summed E-state index contributed by atoms with van der Waals surface area (Å²) < 4.78 is 22.3. The molecule has 0 N–H and O–H groups in total. The zero-order valence-electron chi connectivity index (χ0n) is 21.5. The molecule has 0 saturated carbocycles. The number of carbonyl (C=O) groups excluding carboxylic acids is 2. The normalized spacial score (nSPS) is 12.4. The van der Waals surface area contributed by atoms with Crippen molar-refractivity contribution < 1.29 is 28.5 Å². The highest BCUT2D eigenvalue weighted by molar-refractivity contribution is 5.99. The smallest absolute Gasteiger partial charge is 0.338 e. The zero-order valence-corrected chi connectivity index (χ0v) is 21.5. The summed E-state index contributed by atoms with van der Waals surface area (Å²) in [5.74, 6) is 2.01. The van der Waals surface area contributed by atoms with Gasteiger partial charge in [-0.15, -0.1) is 0 Å². The maximum Gasteiger partial charge on any atom is 0.338 e. The molecular formula is C30H30O6. The van der Waals surface area contributed by atoms with Crippen LogP contribution in [0.2, 0.25) is 0 Å². The molecule has 0 radical (unpaired) electrons. The number of hydrogen-bond donors (Lipinski definition) is 0.